The molecule has 0 unspecified atom stereocenters. The second-order valence-corrected chi connectivity index (χ2v) is 12.7. The highest BCUT2D eigenvalue weighted by molar-refractivity contribution is 5.97. The zero-order chi connectivity index (χ0) is 37.4. The van der Waals surface area contributed by atoms with Crippen LogP contribution in [0.2, 0.25) is 0 Å². The average molecular weight is 712 g/mol. The molecule has 5 rings (SSSR count). The summed E-state index contributed by atoms with van der Waals surface area (Å²) in [7, 11) is 0. The minimum atomic E-state index is -1.42. The van der Waals surface area contributed by atoms with Crippen LogP contribution < -0.4 is 5.32 Å². The molecule has 4 N–H and O–H groups in total. The average Bonchev–Trinajstić information content (AvgIpc) is 3.12. The first kappa shape index (κ1) is 37.2. The molecule has 3 atom stereocenters. The van der Waals surface area contributed by atoms with Crippen LogP contribution in [0.15, 0.2) is 91.5 Å². The molecule has 0 radical (unpaired) electrons. The van der Waals surface area contributed by atoms with Gasteiger partial charge < -0.3 is 30.4 Å². The number of benzene rings is 3. The SMILES string of the molecule is C=CCN1CC(=O)N2[C@@H](Cc3ccc(O)cc3)C(=O)N(Cc3cccc(C(=O)N[C@@H](CCC(=O)O)C(=O)O)c3)C[C@@H]2N1C(=O)CCc1ccccc1. The second-order valence-electron chi connectivity index (χ2n) is 12.7. The number of amides is 4. The minimum absolute atomic E-state index is 0.000556. The van der Waals surface area contributed by atoms with E-state index >= 15 is 0 Å². The van der Waals surface area contributed by atoms with Crippen LogP contribution in [-0.2, 0) is 43.4 Å². The molecule has 2 heterocycles. The highest BCUT2D eigenvalue weighted by Gasteiger charge is 2.51. The minimum Gasteiger partial charge on any atom is -0.508 e. The summed E-state index contributed by atoms with van der Waals surface area (Å²) in [5.74, 6) is -4.19. The number of rotatable bonds is 15. The molecule has 0 aromatic heterocycles. The summed E-state index contributed by atoms with van der Waals surface area (Å²) >= 11 is 0. The molecule has 3 aromatic carbocycles. The number of aromatic hydroxyl groups is 1. The van der Waals surface area contributed by atoms with Crippen molar-refractivity contribution in [1.29, 1.82) is 0 Å². The van der Waals surface area contributed by atoms with Crippen LogP contribution in [0.3, 0.4) is 0 Å². The normalized spacial score (nSPS) is 18.0. The van der Waals surface area contributed by atoms with Crippen molar-refractivity contribution < 1.29 is 44.1 Å². The molecule has 2 aliphatic rings. The number of carboxylic acids is 2. The summed E-state index contributed by atoms with van der Waals surface area (Å²) in [5.41, 5.74) is 2.30. The number of piperazine rings is 1. The lowest BCUT2D eigenvalue weighted by molar-refractivity contribution is -0.205. The fourth-order valence-corrected chi connectivity index (χ4v) is 6.57. The second kappa shape index (κ2) is 16.8. The molecule has 0 aliphatic carbocycles. The summed E-state index contributed by atoms with van der Waals surface area (Å²) in [5, 5.41) is 33.9. The Labute approximate surface area is 300 Å². The number of hydrazine groups is 1. The van der Waals surface area contributed by atoms with Gasteiger partial charge in [0, 0.05) is 37.9 Å². The molecule has 272 valence electrons. The van der Waals surface area contributed by atoms with Crippen molar-refractivity contribution in [3.8, 4) is 5.75 Å². The van der Waals surface area contributed by atoms with Crippen molar-refractivity contribution in [3.63, 3.8) is 0 Å². The van der Waals surface area contributed by atoms with Gasteiger partial charge in [-0.15, -0.1) is 6.58 Å². The Hall–Kier alpha value is -6.02. The number of nitrogens with one attached hydrogen (secondary N) is 1. The van der Waals surface area contributed by atoms with Crippen molar-refractivity contribution >= 4 is 35.6 Å². The maximum atomic E-state index is 14.3. The first-order chi connectivity index (χ1) is 24.9. The van der Waals surface area contributed by atoms with Gasteiger partial charge >= 0.3 is 11.9 Å². The Morgan fingerprint density at radius 3 is 2.29 bits per heavy atom. The van der Waals surface area contributed by atoms with E-state index < -0.39 is 42.5 Å². The first-order valence-electron chi connectivity index (χ1n) is 16.9. The predicted molar refractivity (Wildman–Crippen MR) is 187 cm³/mol. The van der Waals surface area contributed by atoms with Crippen LogP contribution in [0, 0.1) is 0 Å². The quantitative estimate of drug-likeness (QED) is 0.171. The number of carboxylic acid groups (broad SMARTS) is 2. The van der Waals surface area contributed by atoms with Gasteiger partial charge in [-0.05, 0) is 53.8 Å². The third-order valence-electron chi connectivity index (χ3n) is 9.07. The molecule has 52 heavy (non-hydrogen) atoms. The molecular formula is C38H41N5O9. The highest BCUT2D eigenvalue weighted by atomic mass is 16.4. The van der Waals surface area contributed by atoms with E-state index in [1.54, 1.807) is 45.3 Å². The number of phenolic OH excluding ortho intramolecular Hbond substituents is 1. The van der Waals surface area contributed by atoms with Gasteiger partial charge in [0.05, 0.1) is 13.1 Å². The topological polar surface area (TPSA) is 188 Å². The lowest BCUT2D eigenvalue weighted by Gasteiger charge is -2.55. The summed E-state index contributed by atoms with van der Waals surface area (Å²) < 4.78 is 0. The molecule has 14 heteroatoms. The van der Waals surface area contributed by atoms with E-state index in [1.807, 2.05) is 30.3 Å². The van der Waals surface area contributed by atoms with Gasteiger partial charge in [-0.2, -0.15) is 0 Å². The molecule has 14 nitrogen and oxygen atoms in total. The molecule has 4 amide bonds. The summed E-state index contributed by atoms with van der Waals surface area (Å²) in [6.45, 7) is 3.86. The van der Waals surface area contributed by atoms with E-state index in [9.17, 15) is 39.0 Å². The first-order valence-corrected chi connectivity index (χ1v) is 16.9. The molecule has 2 fully saturated rings. The summed E-state index contributed by atoms with van der Waals surface area (Å²) in [6, 6.07) is 19.7. The molecule has 0 saturated carbocycles. The maximum Gasteiger partial charge on any atom is 0.326 e. The molecule has 2 aliphatic heterocycles. The molecule has 0 spiro atoms. The van der Waals surface area contributed by atoms with E-state index in [0.717, 1.165) is 5.56 Å². The van der Waals surface area contributed by atoms with Gasteiger partial charge in [0.2, 0.25) is 17.7 Å². The van der Waals surface area contributed by atoms with Gasteiger partial charge in [0.1, 0.15) is 24.0 Å². The Kier molecular flexibility index (Phi) is 12.0. The van der Waals surface area contributed by atoms with Crippen LogP contribution >= 0.6 is 0 Å². The number of carbonyl (C=O) groups is 6. The van der Waals surface area contributed by atoms with Gasteiger partial charge in [-0.25, -0.2) is 14.8 Å². The van der Waals surface area contributed by atoms with Crippen LogP contribution in [0.5, 0.6) is 5.75 Å². The fourth-order valence-electron chi connectivity index (χ4n) is 6.57. The number of hydrogen-bond acceptors (Lipinski definition) is 8. The van der Waals surface area contributed by atoms with E-state index in [4.69, 9.17) is 5.11 Å². The number of aliphatic carboxylic acids is 2. The Morgan fingerprint density at radius 1 is 0.904 bits per heavy atom. The van der Waals surface area contributed by atoms with Crippen LogP contribution in [0.1, 0.15) is 46.3 Å². The van der Waals surface area contributed by atoms with Crippen molar-refractivity contribution in [2.24, 2.45) is 0 Å². The van der Waals surface area contributed by atoms with E-state index in [-0.39, 0.29) is 74.5 Å². The number of phenols is 1. The number of aryl methyl sites for hydroxylation is 1. The lowest BCUT2D eigenvalue weighted by atomic mass is 9.97. The Morgan fingerprint density at radius 2 is 1.62 bits per heavy atom. The number of hydrogen-bond donors (Lipinski definition) is 4. The number of nitrogens with zero attached hydrogens (tertiary/aromatic N) is 4. The van der Waals surface area contributed by atoms with Crippen molar-refractivity contribution in [2.75, 3.05) is 19.6 Å². The molecule has 3 aromatic rings. The molecule has 0 bridgehead atoms. The van der Waals surface area contributed by atoms with E-state index in [1.165, 1.54) is 29.2 Å². The van der Waals surface area contributed by atoms with Crippen molar-refractivity contribution in [3.05, 3.63) is 114 Å². The van der Waals surface area contributed by atoms with Crippen molar-refractivity contribution in [1.82, 2.24) is 25.1 Å². The van der Waals surface area contributed by atoms with Gasteiger partial charge in [0.25, 0.3) is 5.91 Å². The summed E-state index contributed by atoms with van der Waals surface area (Å²) in [4.78, 5) is 81.0. The third-order valence-corrected chi connectivity index (χ3v) is 9.07. The number of carbonyl (C=O) groups excluding carboxylic acids is 4. The fraction of sp³-hybridized carbons (Fsp3) is 0.316. The lowest BCUT2D eigenvalue weighted by Crippen LogP contribution is -2.75. The Bertz CT molecular complexity index is 1820. The highest BCUT2D eigenvalue weighted by Crippen LogP contribution is 2.30. The Balaban J connectivity index is 1.45. The zero-order valence-corrected chi connectivity index (χ0v) is 28.5. The third kappa shape index (κ3) is 9.01. The van der Waals surface area contributed by atoms with E-state index in [0.29, 0.717) is 17.5 Å². The summed E-state index contributed by atoms with van der Waals surface area (Å²) in [6.07, 6.45) is 0.715. The smallest absolute Gasteiger partial charge is 0.326 e. The molecular weight excluding hydrogens is 670 g/mol. The molecule has 2 saturated heterocycles. The van der Waals surface area contributed by atoms with Crippen LogP contribution in [0.4, 0.5) is 0 Å². The maximum absolute atomic E-state index is 14.3. The van der Waals surface area contributed by atoms with Gasteiger partial charge in [-0.3, -0.25) is 24.0 Å². The van der Waals surface area contributed by atoms with E-state index in [2.05, 4.69) is 11.9 Å². The van der Waals surface area contributed by atoms with Crippen LogP contribution in [0.25, 0.3) is 0 Å². The largest absolute Gasteiger partial charge is 0.508 e. The van der Waals surface area contributed by atoms with Gasteiger partial charge in [-0.1, -0.05) is 60.7 Å². The number of fused-ring (bicyclic) bond motifs is 1. The monoisotopic (exact) mass is 711 g/mol. The van der Waals surface area contributed by atoms with Gasteiger partial charge in [0.15, 0.2) is 0 Å². The van der Waals surface area contributed by atoms with Crippen molar-refractivity contribution in [2.45, 2.75) is 56.9 Å². The predicted octanol–water partition coefficient (Wildman–Crippen LogP) is 2.43. The zero-order valence-electron chi connectivity index (χ0n) is 28.5. The standard InChI is InChI=1S/C38H41N5O9/c1-2-19-41-24-34(46)42-31(21-26-11-14-29(44)15-12-26)37(50)40(23-32(42)43(41)33(45)17-13-25-7-4-3-5-8-25)22-27-9-6-10-28(20-27)36(49)39-30(38(51)52)16-18-35(47)48/h2-12,14-15,20,30-32,44H,1,13,16-19,21-24H2,(H,39,49)(H,47,48)(H,51,52)/t30-,31-,32-/m0/s1. The van der Waals surface area contributed by atoms with Crippen LogP contribution in [-0.4, -0.2) is 109 Å².